The zero-order valence-electron chi connectivity index (χ0n) is 10.6. The van der Waals surface area contributed by atoms with Gasteiger partial charge in [0.25, 0.3) is 0 Å². The molecule has 4 heteroatoms. The van der Waals surface area contributed by atoms with Gasteiger partial charge in [-0.2, -0.15) is 0 Å². The van der Waals surface area contributed by atoms with Crippen LogP contribution in [0.5, 0.6) is 0 Å². The monoisotopic (exact) mass is 228 g/mol. The SMILES string of the molecule is CC1OCCC1N(C)C(C)C1CNCCO1. The van der Waals surface area contributed by atoms with Crippen LogP contribution in [0.3, 0.4) is 0 Å². The molecular weight excluding hydrogens is 204 g/mol. The third-order valence-electron chi connectivity index (χ3n) is 4.00. The molecule has 0 aromatic carbocycles. The number of ether oxygens (including phenoxy) is 2. The Bertz CT molecular complexity index is 219. The summed E-state index contributed by atoms with van der Waals surface area (Å²) in [5, 5.41) is 3.39. The minimum atomic E-state index is 0.312. The van der Waals surface area contributed by atoms with Crippen LogP contribution in [0.4, 0.5) is 0 Å². The summed E-state index contributed by atoms with van der Waals surface area (Å²) in [7, 11) is 2.19. The first-order valence-electron chi connectivity index (χ1n) is 6.36. The normalized spacial score (nSPS) is 37.9. The van der Waals surface area contributed by atoms with Crippen molar-refractivity contribution in [1.29, 1.82) is 0 Å². The van der Waals surface area contributed by atoms with E-state index >= 15 is 0 Å². The molecule has 2 rings (SSSR count). The number of likely N-dealkylation sites (N-methyl/N-ethyl adjacent to an activating group) is 1. The standard InChI is InChI=1S/C12H24N2O2/c1-9(12-8-13-5-7-16-12)14(3)11-4-6-15-10(11)2/h9-13H,4-8H2,1-3H3. The van der Waals surface area contributed by atoms with Gasteiger partial charge >= 0.3 is 0 Å². The van der Waals surface area contributed by atoms with Crippen molar-refractivity contribution in [3.63, 3.8) is 0 Å². The molecule has 4 unspecified atom stereocenters. The highest BCUT2D eigenvalue weighted by atomic mass is 16.5. The van der Waals surface area contributed by atoms with Crippen molar-refractivity contribution < 1.29 is 9.47 Å². The third-order valence-corrected chi connectivity index (χ3v) is 4.00. The molecule has 0 amide bonds. The molecule has 2 fully saturated rings. The molecule has 0 radical (unpaired) electrons. The first-order chi connectivity index (χ1) is 7.70. The van der Waals surface area contributed by atoms with Crippen LogP contribution < -0.4 is 5.32 Å². The molecule has 2 aliphatic heterocycles. The van der Waals surface area contributed by atoms with Crippen molar-refractivity contribution in [3.05, 3.63) is 0 Å². The quantitative estimate of drug-likeness (QED) is 0.761. The van der Waals surface area contributed by atoms with E-state index in [1.165, 1.54) is 0 Å². The Morgan fingerprint density at radius 2 is 2.12 bits per heavy atom. The van der Waals surface area contributed by atoms with Crippen LogP contribution in [-0.4, -0.2) is 62.5 Å². The lowest BCUT2D eigenvalue weighted by Gasteiger charge is -2.38. The van der Waals surface area contributed by atoms with Crippen molar-refractivity contribution in [2.75, 3.05) is 33.4 Å². The molecule has 0 aromatic rings. The Morgan fingerprint density at radius 1 is 1.31 bits per heavy atom. The van der Waals surface area contributed by atoms with Gasteiger partial charge in [0.2, 0.25) is 0 Å². The zero-order chi connectivity index (χ0) is 11.5. The van der Waals surface area contributed by atoms with Crippen molar-refractivity contribution in [2.24, 2.45) is 0 Å². The van der Waals surface area contributed by atoms with E-state index < -0.39 is 0 Å². The largest absolute Gasteiger partial charge is 0.377 e. The smallest absolute Gasteiger partial charge is 0.0852 e. The van der Waals surface area contributed by atoms with Gasteiger partial charge in [0, 0.05) is 31.8 Å². The fourth-order valence-corrected chi connectivity index (χ4v) is 2.72. The highest BCUT2D eigenvalue weighted by Gasteiger charge is 2.33. The van der Waals surface area contributed by atoms with Crippen LogP contribution in [0.2, 0.25) is 0 Å². The molecule has 4 atom stereocenters. The number of rotatable bonds is 3. The molecule has 0 saturated carbocycles. The molecule has 1 N–H and O–H groups in total. The minimum Gasteiger partial charge on any atom is -0.377 e. The van der Waals surface area contributed by atoms with Crippen molar-refractivity contribution in [3.8, 4) is 0 Å². The molecule has 2 aliphatic rings. The molecule has 0 bridgehead atoms. The molecule has 0 aromatic heterocycles. The molecule has 0 aliphatic carbocycles. The average Bonchev–Trinajstić information content (AvgIpc) is 2.75. The molecule has 94 valence electrons. The Balaban J connectivity index is 1.89. The lowest BCUT2D eigenvalue weighted by molar-refractivity contribution is -0.0368. The maximum absolute atomic E-state index is 5.81. The van der Waals surface area contributed by atoms with Gasteiger partial charge in [0.1, 0.15) is 0 Å². The first kappa shape index (κ1) is 12.3. The number of hydrogen-bond donors (Lipinski definition) is 1. The molecule has 4 nitrogen and oxygen atoms in total. The van der Waals surface area contributed by atoms with E-state index in [-0.39, 0.29) is 0 Å². The van der Waals surface area contributed by atoms with E-state index in [0.29, 0.717) is 24.3 Å². The fraction of sp³-hybridized carbons (Fsp3) is 1.00. The van der Waals surface area contributed by atoms with Gasteiger partial charge in [-0.1, -0.05) is 0 Å². The van der Waals surface area contributed by atoms with Crippen molar-refractivity contribution in [1.82, 2.24) is 10.2 Å². The summed E-state index contributed by atoms with van der Waals surface area (Å²) in [6.07, 6.45) is 1.80. The van der Waals surface area contributed by atoms with Gasteiger partial charge < -0.3 is 14.8 Å². The minimum absolute atomic E-state index is 0.312. The Hall–Kier alpha value is -0.160. The number of morpholine rings is 1. The Kier molecular flexibility index (Phi) is 4.19. The number of nitrogens with zero attached hydrogens (tertiary/aromatic N) is 1. The Labute approximate surface area is 98.3 Å². The van der Waals surface area contributed by atoms with E-state index in [9.17, 15) is 0 Å². The van der Waals surface area contributed by atoms with Crippen LogP contribution in [0.25, 0.3) is 0 Å². The lowest BCUT2D eigenvalue weighted by atomic mass is 10.0. The van der Waals surface area contributed by atoms with Gasteiger partial charge in [0.05, 0.1) is 18.8 Å². The second-order valence-electron chi connectivity index (χ2n) is 4.95. The molecule has 2 saturated heterocycles. The highest BCUT2D eigenvalue weighted by Crippen LogP contribution is 2.22. The second kappa shape index (κ2) is 5.45. The van der Waals surface area contributed by atoms with Crippen molar-refractivity contribution >= 4 is 0 Å². The summed E-state index contributed by atoms with van der Waals surface area (Å²) in [5.74, 6) is 0. The van der Waals surface area contributed by atoms with E-state index in [1.54, 1.807) is 0 Å². The highest BCUT2D eigenvalue weighted by molar-refractivity contribution is 4.87. The molecule has 16 heavy (non-hydrogen) atoms. The second-order valence-corrected chi connectivity index (χ2v) is 4.95. The first-order valence-corrected chi connectivity index (χ1v) is 6.36. The van der Waals surface area contributed by atoms with E-state index in [1.807, 2.05) is 0 Å². The Morgan fingerprint density at radius 3 is 2.69 bits per heavy atom. The number of nitrogens with one attached hydrogen (secondary N) is 1. The summed E-state index contributed by atoms with van der Waals surface area (Å²) in [6, 6.07) is 0.988. The molecule has 2 heterocycles. The van der Waals surface area contributed by atoms with E-state index in [4.69, 9.17) is 9.47 Å². The van der Waals surface area contributed by atoms with Gasteiger partial charge in [-0.3, -0.25) is 4.90 Å². The molecule has 0 spiro atoms. The summed E-state index contributed by atoms with van der Waals surface area (Å²) in [5.41, 5.74) is 0. The van der Waals surface area contributed by atoms with E-state index in [0.717, 1.165) is 32.7 Å². The summed E-state index contributed by atoms with van der Waals surface area (Å²) in [4.78, 5) is 2.43. The predicted molar refractivity (Wildman–Crippen MR) is 63.7 cm³/mol. The zero-order valence-corrected chi connectivity index (χ0v) is 10.6. The van der Waals surface area contributed by atoms with Crippen LogP contribution in [0, 0.1) is 0 Å². The lowest BCUT2D eigenvalue weighted by Crippen LogP contribution is -2.53. The third kappa shape index (κ3) is 2.56. The van der Waals surface area contributed by atoms with Crippen LogP contribution in [0.15, 0.2) is 0 Å². The van der Waals surface area contributed by atoms with Gasteiger partial charge in [-0.25, -0.2) is 0 Å². The van der Waals surface area contributed by atoms with E-state index in [2.05, 4.69) is 31.1 Å². The van der Waals surface area contributed by atoms with Crippen molar-refractivity contribution in [2.45, 2.75) is 44.6 Å². The maximum Gasteiger partial charge on any atom is 0.0852 e. The van der Waals surface area contributed by atoms with Crippen LogP contribution >= 0.6 is 0 Å². The summed E-state index contributed by atoms with van der Waals surface area (Å²) >= 11 is 0. The van der Waals surface area contributed by atoms with Gasteiger partial charge in [-0.05, 0) is 27.3 Å². The van der Waals surface area contributed by atoms with Gasteiger partial charge in [-0.15, -0.1) is 0 Å². The topological polar surface area (TPSA) is 33.7 Å². The fourth-order valence-electron chi connectivity index (χ4n) is 2.72. The number of hydrogen-bond acceptors (Lipinski definition) is 4. The summed E-state index contributed by atoms with van der Waals surface area (Å²) < 4.78 is 11.4. The van der Waals surface area contributed by atoms with Crippen LogP contribution in [0.1, 0.15) is 20.3 Å². The van der Waals surface area contributed by atoms with Crippen LogP contribution in [-0.2, 0) is 9.47 Å². The van der Waals surface area contributed by atoms with Gasteiger partial charge in [0.15, 0.2) is 0 Å². The molecular formula is C12H24N2O2. The summed E-state index contributed by atoms with van der Waals surface area (Å²) in [6.45, 7) is 8.10. The maximum atomic E-state index is 5.81. The predicted octanol–water partition coefficient (Wildman–Crippen LogP) is 0.473. The average molecular weight is 228 g/mol.